The first-order valence-corrected chi connectivity index (χ1v) is 7.82. The van der Waals surface area contributed by atoms with Crippen molar-refractivity contribution in [1.82, 2.24) is 14.8 Å². The van der Waals surface area contributed by atoms with E-state index < -0.39 is 5.97 Å². The molecule has 0 bridgehead atoms. The van der Waals surface area contributed by atoms with Crippen LogP contribution in [0.3, 0.4) is 0 Å². The Kier molecular flexibility index (Phi) is 3.76. The molecule has 1 N–H and O–H groups in total. The Bertz CT molecular complexity index is 491. The molecule has 3 rings (SSSR count). The van der Waals surface area contributed by atoms with Crippen LogP contribution in [-0.2, 0) is 4.79 Å². The molecule has 2 unspecified atom stereocenters. The minimum atomic E-state index is -0.677. The van der Waals surface area contributed by atoms with Crippen molar-refractivity contribution < 1.29 is 9.90 Å². The van der Waals surface area contributed by atoms with Crippen molar-refractivity contribution in [2.45, 2.75) is 70.3 Å². The van der Waals surface area contributed by atoms with Crippen LogP contribution < -0.4 is 0 Å². The zero-order valence-electron chi connectivity index (χ0n) is 12.1. The van der Waals surface area contributed by atoms with Gasteiger partial charge in [0.15, 0.2) is 0 Å². The highest BCUT2D eigenvalue weighted by molar-refractivity contribution is 5.71. The largest absolute Gasteiger partial charge is 0.481 e. The van der Waals surface area contributed by atoms with E-state index in [1.165, 1.54) is 32.1 Å². The Hall–Kier alpha value is -1.39. The molecule has 2 aliphatic carbocycles. The van der Waals surface area contributed by atoms with E-state index in [-0.39, 0.29) is 11.8 Å². The lowest BCUT2D eigenvalue weighted by Crippen LogP contribution is -2.23. The molecule has 0 spiro atoms. The molecule has 110 valence electrons. The molecular formula is C15H23N3O2. The first kappa shape index (κ1) is 13.6. The van der Waals surface area contributed by atoms with Gasteiger partial charge in [0.05, 0.1) is 5.92 Å². The Morgan fingerprint density at radius 1 is 1.10 bits per heavy atom. The molecule has 2 saturated carbocycles. The van der Waals surface area contributed by atoms with Crippen molar-refractivity contribution in [2.24, 2.45) is 5.92 Å². The summed E-state index contributed by atoms with van der Waals surface area (Å²) in [6.45, 7) is 2.00. The number of hydrogen-bond donors (Lipinski definition) is 1. The van der Waals surface area contributed by atoms with E-state index in [9.17, 15) is 9.90 Å². The van der Waals surface area contributed by atoms with E-state index in [0.717, 1.165) is 30.9 Å². The van der Waals surface area contributed by atoms with Crippen molar-refractivity contribution in [2.75, 3.05) is 0 Å². The van der Waals surface area contributed by atoms with Gasteiger partial charge in [-0.15, -0.1) is 10.2 Å². The van der Waals surface area contributed by atoms with E-state index in [1.807, 2.05) is 6.92 Å². The predicted octanol–water partition coefficient (Wildman–Crippen LogP) is 3.06. The molecule has 20 heavy (non-hydrogen) atoms. The smallest absolute Gasteiger partial charge is 0.307 e. The third-order valence-electron chi connectivity index (χ3n) is 5.00. The van der Waals surface area contributed by atoms with Gasteiger partial charge in [0, 0.05) is 12.0 Å². The Labute approximate surface area is 119 Å². The highest BCUT2D eigenvalue weighted by Gasteiger charge is 2.38. The van der Waals surface area contributed by atoms with Gasteiger partial charge in [-0.25, -0.2) is 0 Å². The van der Waals surface area contributed by atoms with Gasteiger partial charge in [-0.05, 0) is 32.6 Å². The van der Waals surface area contributed by atoms with Crippen LogP contribution in [0.1, 0.15) is 75.0 Å². The van der Waals surface area contributed by atoms with Gasteiger partial charge in [0.2, 0.25) is 0 Å². The second kappa shape index (κ2) is 5.54. The second-order valence-corrected chi connectivity index (χ2v) is 6.25. The molecule has 0 radical (unpaired) electrons. The van der Waals surface area contributed by atoms with Gasteiger partial charge in [-0.2, -0.15) is 0 Å². The topological polar surface area (TPSA) is 68.0 Å². The third kappa shape index (κ3) is 2.34. The van der Waals surface area contributed by atoms with Gasteiger partial charge < -0.3 is 9.67 Å². The molecule has 5 heteroatoms. The number of aliphatic carboxylic acids is 1. The molecule has 2 atom stereocenters. The van der Waals surface area contributed by atoms with E-state index in [1.54, 1.807) is 0 Å². The van der Waals surface area contributed by atoms with Gasteiger partial charge in [0.1, 0.15) is 11.6 Å². The molecule has 0 amide bonds. The zero-order chi connectivity index (χ0) is 14.1. The summed E-state index contributed by atoms with van der Waals surface area (Å²) in [7, 11) is 0. The van der Waals surface area contributed by atoms with Crippen LogP contribution in [0, 0.1) is 12.8 Å². The summed E-state index contributed by atoms with van der Waals surface area (Å²) in [6.07, 6.45) is 8.88. The number of nitrogens with zero attached hydrogens (tertiary/aromatic N) is 3. The number of aryl methyl sites for hydroxylation is 1. The molecule has 0 aromatic carbocycles. The number of rotatable bonds is 3. The van der Waals surface area contributed by atoms with Crippen LogP contribution in [0.2, 0.25) is 0 Å². The van der Waals surface area contributed by atoms with Crippen LogP contribution >= 0.6 is 0 Å². The minimum absolute atomic E-state index is 0.0515. The Morgan fingerprint density at radius 2 is 1.85 bits per heavy atom. The summed E-state index contributed by atoms with van der Waals surface area (Å²) < 4.78 is 2.26. The first-order chi connectivity index (χ1) is 9.68. The van der Waals surface area contributed by atoms with E-state index >= 15 is 0 Å². The highest BCUT2D eigenvalue weighted by atomic mass is 16.4. The van der Waals surface area contributed by atoms with Crippen molar-refractivity contribution in [3.8, 4) is 0 Å². The fourth-order valence-electron chi connectivity index (χ4n) is 3.99. The van der Waals surface area contributed by atoms with Crippen molar-refractivity contribution in [1.29, 1.82) is 0 Å². The van der Waals surface area contributed by atoms with Crippen molar-refractivity contribution in [3.05, 3.63) is 11.6 Å². The van der Waals surface area contributed by atoms with Crippen molar-refractivity contribution in [3.63, 3.8) is 0 Å². The molecule has 1 heterocycles. The number of carboxylic acids is 1. The molecule has 5 nitrogen and oxygen atoms in total. The minimum Gasteiger partial charge on any atom is -0.481 e. The maximum atomic E-state index is 11.4. The Balaban J connectivity index is 1.91. The maximum Gasteiger partial charge on any atom is 0.307 e. The van der Waals surface area contributed by atoms with Gasteiger partial charge >= 0.3 is 5.97 Å². The quantitative estimate of drug-likeness (QED) is 0.922. The molecule has 2 fully saturated rings. The van der Waals surface area contributed by atoms with Crippen LogP contribution in [0.15, 0.2) is 0 Å². The lowest BCUT2D eigenvalue weighted by molar-refractivity contribution is -0.142. The lowest BCUT2D eigenvalue weighted by atomic mass is 9.92. The van der Waals surface area contributed by atoms with Gasteiger partial charge in [0.25, 0.3) is 0 Å². The third-order valence-corrected chi connectivity index (χ3v) is 5.00. The summed E-state index contributed by atoms with van der Waals surface area (Å²) in [6, 6.07) is 0.476. The standard InChI is InChI=1S/C15H23N3O2/c1-10-16-17-14(12-8-5-9-13(12)15(19)20)18(10)11-6-3-2-4-7-11/h11-13H,2-9H2,1H3,(H,19,20). The fourth-order valence-corrected chi connectivity index (χ4v) is 3.99. The molecule has 1 aromatic heterocycles. The van der Waals surface area contributed by atoms with E-state index in [0.29, 0.717) is 6.04 Å². The Morgan fingerprint density at radius 3 is 2.55 bits per heavy atom. The fraction of sp³-hybridized carbons (Fsp3) is 0.800. The molecule has 1 aromatic rings. The van der Waals surface area contributed by atoms with E-state index in [2.05, 4.69) is 14.8 Å². The normalized spacial score (nSPS) is 27.9. The van der Waals surface area contributed by atoms with Crippen LogP contribution in [0.25, 0.3) is 0 Å². The predicted molar refractivity (Wildman–Crippen MR) is 74.6 cm³/mol. The molecule has 2 aliphatic rings. The number of carbonyl (C=O) groups is 1. The van der Waals surface area contributed by atoms with Gasteiger partial charge in [-0.3, -0.25) is 4.79 Å². The van der Waals surface area contributed by atoms with Gasteiger partial charge in [-0.1, -0.05) is 25.7 Å². The summed E-state index contributed by atoms with van der Waals surface area (Å²) in [4.78, 5) is 11.4. The zero-order valence-corrected chi connectivity index (χ0v) is 12.1. The first-order valence-electron chi connectivity index (χ1n) is 7.82. The second-order valence-electron chi connectivity index (χ2n) is 6.25. The monoisotopic (exact) mass is 277 g/mol. The molecular weight excluding hydrogens is 254 g/mol. The van der Waals surface area contributed by atoms with E-state index in [4.69, 9.17) is 0 Å². The summed E-state index contributed by atoms with van der Waals surface area (Å²) in [5.41, 5.74) is 0. The molecule has 0 saturated heterocycles. The number of hydrogen-bond acceptors (Lipinski definition) is 3. The summed E-state index contributed by atoms with van der Waals surface area (Å²) in [5.74, 6) is 0.974. The maximum absolute atomic E-state index is 11.4. The average Bonchev–Trinajstić information content (AvgIpc) is 3.05. The lowest BCUT2D eigenvalue weighted by Gasteiger charge is -2.27. The summed E-state index contributed by atoms with van der Waals surface area (Å²) in [5, 5.41) is 18.0. The average molecular weight is 277 g/mol. The van der Waals surface area contributed by atoms with Crippen LogP contribution in [0.5, 0.6) is 0 Å². The van der Waals surface area contributed by atoms with Crippen LogP contribution in [-0.4, -0.2) is 25.8 Å². The number of carboxylic acid groups (broad SMARTS) is 1. The van der Waals surface area contributed by atoms with Crippen molar-refractivity contribution >= 4 is 5.97 Å². The highest BCUT2D eigenvalue weighted by Crippen LogP contribution is 2.41. The SMILES string of the molecule is Cc1nnc(C2CCCC2C(=O)O)n1C1CCCCC1. The number of aromatic nitrogens is 3. The molecule has 0 aliphatic heterocycles. The summed E-state index contributed by atoms with van der Waals surface area (Å²) >= 11 is 0. The van der Waals surface area contributed by atoms with Crippen LogP contribution in [0.4, 0.5) is 0 Å².